The zero-order valence-electron chi connectivity index (χ0n) is 13.3. The second kappa shape index (κ2) is 7.34. The normalized spacial score (nSPS) is 11.3. The van der Waals surface area contributed by atoms with E-state index in [-0.39, 0.29) is 18.2 Å². The van der Waals surface area contributed by atoms with Gasteiger partial charge in [0.15, 0.2) is 0 Å². The van der Waals surface area contributed by atoms with Crippen LogP contribution in [0, 0.1) is 0 Å². The van der Waals surface area contributed by atoms with Gasteiger partial charge in [0.25, 0.3) is 0 Å². The van der Waals surface area contributed by atoms with Crippen molar-refractivity contribution in [2.75, 3.05) is 0 Å². The summed E-state index contributed by atoms with van der Waals surface area (Å²) < 4.78 is 41.6. The van der Waals surface area contributed by atoms with Crippen LogP contribution < -0.4 is 5.32 Å². The number of aromatic nitrogens is 3. The molecule has 1 N–H and O–H groups in total. The van der Waals surface area contributed by atoms with Crippen molar-refractivity contribution < 1.29 is 22.5 Å². The monoisotopic (exact) mass is 362 g/mol. The van der Waals surface area contributed by atoms with Gasteiger partial charge in [-0.25, -0.2) is 0 Å². The third-order valence-corrected chi connectivity index (χ3v) is 3.46. The third kappa shape index (κ3) is 4.44. The summed E-state index contributed by atoms with van der Waals surface area (Å²) >= 11 is 0. The largest absolute Gasteiger partial charge is 0.471 e. The van der Waals surface area contributed by atoms with Gasteiger partial charge in [-0.2, -0.15) is 18.2 Å². The number of carbonyl (C=O) groups is 1. The zero-order chi connectivity index (χ0) is 18.6. The number of alkyl halides is 3. The van der Waals surface area contributed by atoms with Gasteiger partial charge in [0.05, 0.1) is 6.42 Å². The highest BCUT2D eigenvalue weighted by atomic mass is 19.4. The van der Waals surface area contributed by atoms with E-state index in [2.05, 4.69) is 25.0 Å². The maximum absolute atomic E-state index is 12.5. The number of pyridine rings is 1. The van der Waals surface area contributed by atoms with Crippen molar-refractivity contribution in [2.24, 2.45) is 0 Å². The first kappa shape index (κ1) is 17.6. The van der Waals surface area contributed by atoms with Crippen molar-refractivity contribution in [1.82, 2.24) is 20.4 Å². The highest BCUT2D eigenvalue weighted by Gasteiger charge is 2.38. The standard InChI is InChI=1S/C17H13F3N4O2/c18-17(19,20)16-23-15(24-26-16)13-5-3-11(4-6-13)10-22-14(25)8-12-2-1-7-21-9-12/h1-7,9H,8,10H2,(H,22,25). The molecule has 3 aromatic rings. The predicted molar refractivity (Wildman–Crippen MR) is 84.5 cm³/mol. The van der Waals surface area contributed by atoms with E-state index in [1.54, 1.807) is 42.7 Å². The van der Waals surface area contributed by atoms with Crippen LogP contribution in [0.2, 0.25) is 0 Å². The van der Waals surface area contributed by atoms with Crippen molar-refractivity contribution in [2.45, 2.75) is 19.1 Å². The van der Waals surface area contributed by atoms with Crippen LogP contribution in [0.4, 0.5) is 13.2 Å². The molecule has 1 amide bonds. The van der Waals surface area contributed by atoms with Crippen LogP contribution in [0.15, 0.2) is 53.3 Å². The Bertz CT molecular complexity index is 877. The molecule has 2 heterocycles. The molecule has 6 nitrogen and oxygen atoms in total. The average Bonchev–Trinajstić information content (AvgIpc) is 3.12. The molecule has 0 atom stereocenters. The molecule has 0 spiro atoms. The zero-order valence-corrected chi connectivity index (χ0v) is 13.3. The van der Waals surface area contributed by atoms with Crippen LogP contribution in [0.3, 0.4) is 0 Å². The van der Waals surface area contributed by atoms with Gasteiger partial charge in [-0.1, -0.05) is 35.5 Å². The number of carbonyl (C=O) groups excluding carboxylic acids is 1. The Balaban J connectivity index is 1.58. The summed E-state index contributed by atoms with van der Waals surface area (Å²) in [6, 6.07) is 10.0. The van der Waals surface area contributed by atoms with Crippen LogP contribution in [-0.2, 0) is 23.9 Å². The number of benzene rings is 1. The Labute approximate surface area is 146 Å². The maximum Gasteiger partial charge on any atom is 0.471 e. The minimum Gasteiger partial charge on any atom is -0.352 e. The summed E-state index contributed by atoms with van der Waals surface area (Å²) in [5.41, 5.74) is 1.97. The minimum atomic E-state index is -4.68. The fraction of sp³-hybridized carbons (Fsp3) is 0.176. The molecule has 0 fully saturated rings. The number of amides is 1. The molecule has 3 rings (SSSR count). The van der Waals surface area contributed by atoms with Gasteiger partial charge in [0.1, 0.15) is 0 Å². The molecule has 26 heavy (non-hydrogen) atoms. The van der Waals surface area contributed by atoms with Crippen molar-refractivity contribution in [3.63, 3.8) is 0 Å². The van der Waals surface area contributed by atoms with Crippen molar-refractivity contribution in [1.29, 1.82) is 0 Å². The van der Waals surface area contributed by atoms with E-state index in [1.165, 1.54) is 0 Å². The predicted octanol–water partition coefficient (Wildman–Crippen LogP) is 3.01. The van der Waals surface area contributed by atoms with Crippen LogP contribution in [0.5, 0.6) is 0 Å². The lowest BCUT2D eigenvalue weighted by molar-refractivity contribution is -0.159. The lowest BCUT2D eigenvalue weighted by Crippen LogP contribution is -2.24. The molecule has 0 aliphatic rings. The Morgan fingerprint density at radius 3 is 2.50 bits per heavy atom. The summed E-state index contributed by atoms with van der Waals surface area (Å²) in [6.07, 6.45) is -1.21. The van der Waals surface area contributed by atoms with E-state index in [4.69, 9.17) is 0 Å². The van der Waals surface area contributed by atoms with Crippen LogP contribution in [-0.4, -0.2) is 21.0 Å². The number of hydrogen-bond acceptors (Lipinski definition) is 5. The molecule has 0 saturated carbocycles. The molecular weight excluding hydrogens is 349 g/mol. The summed E-state index contributed by atoms with van der Waals surface area (Å²) in [5, 5.41) is 6.09. The topological polar surface area (TPSA) is 80.9 Å². The Kier molecular flexibility index (Phi) is 4.97. The SMILES string of the molecule is O=C(Cc1cccnc1)NCc1ccc(-c2noc(C(F)(F)F)n2)cc1. The molecule has 9 heteroatoms. The van der Waals surface area contributed by atoms with E-state index < -0.39 is 12.1 Å². The smallest absolute Gasteiger partial charge is 0.352 e. The first-order valence-electron chi connectivity index (χ1n) is 7.57. The van der Waals surface area contributed by atoms with Gasteiger partial charge < -0.3 is 9.84 Å². The molecule has 2 aromatic heterocycles. The van der Waals surface area contributed by atoms with E-state index in [1.807, 2.05) is 6.07 Å². The average molecular weight is 362 g/mol. The van der Waals surface area contributed by atoms with E-state index in [9.17, 15) is 18.0 Å². The first-order chi connectivity index (χ1) is 12.4. The number of halogens is 3. The summed E-state index contributed by atoms with van der Waals surface area (Å²) in [5.74, 6) is -1.70. The molecule has 0 bridgehead atoms. The van der Waals surface area contributed by atoms with Crippen molar-refractivity contribution in [3.05, 3.63) is 65.8 Å². The maximum atomic E-state index is 12.5. The third-order valence-electron chi connectivity index (χ3n) is 3.46. The van der Waals surface area contributed by atoms with Crippen LogP contribution in [0.1, 0.15) is 17.0 Å². The fourth-order valence-corrected chi connectivity index (χ4v) is 2.18. The molecule has 0 saturated heterocycles. The van der Waals surface area contributed by atoms with Gasteiger partial charge in [-0.15, -0.1) is 0 Å². The summed E-state index contributed by atoms with van der Waals surface area (Å²) in [6.45, 7) is 0.291. The lowest BCUT2D eigenvalue weighted by Gasteiger charge is -2.06. The van der Waals surface area contributed by atoms with Gasteiger partial charge in [0, 0.05) is 24.5 Å². The molecule has 0 radical (unpaired) electrons. The Morgan fingerprint density at radius 2 is 1.88 bits per heavy atom. The molecule has 0 aliphatic carbocycles. The number of nitrogens with one attached hydrogen (secondary N) is 1. The second-order valence-electron chi connectivity index (χ2n) is 5.43. The van der Waals surface area contributed by atoms with Crippen LogP contribution in [0.25, 0.3) is 11.4 Å². The number of nitrogens with zero attached hydrogens (tertiary/aromatic N) is 3. The summed E-state index contributed by atoms with van der Waals surface area (Å²) in [7, 11) is 0. The van der Waals surface area contributed by atoms with E-state index in [0.717, 1.165) is 11.1 Å². The lowest BCUT2D eigenvalue weighted by atomic mass is 10.1. The van der Waals surface area contributed by atoms with Gasteiger partial charge in [0.2, 0.25) is 11.7 Å². The number of hydrogen-bond donors (Lipinski definition) is 1. The number of rotatable bonds is 5. The second-order valence-corrected chi connectivity index (χ2v) is 5.43. The fourth-order valence-electron chi connectivity index (χ4n) is 2.18. The molecule has 1 aromatic carbocycles. The Hall–Kier alpha value is -3.23. The van der Waals surface area contributed by atoms with Crippen molar-refractivity contribution in [3.8, 4) is 11.4 Å². The highest BCUT2D eigenvalue weighted by Crippen LogP contribution is 2.29. The van der Waals surface area contributed by atoms with E-state index >= 15 is 0 Å². The quantitative estimate of drug-likeness (QED) is 0.755. The van der Waals surface area contributed by atoms with E-state index in [0.29, 0.717) is 12.1 Å². The molecule has 134 valence electrons. The highest BCUT2D eigenvalue weighted by molar-refractivity contribution is 5.78. The van der Waals surface area contributed by atoms with Crippen molar-refractivity contribution >= 4 is 5.91 Å². The molecular formula is C17H13F3N4O2. The van der Waals surface area contributed by atoms with Crippen LogP contribution >= 0.6 is 0 Å². The van der Waals surface area contributed by atoms with Gasteiger partial charge in [-0.05, 0) is 17.2 Å². The Morgan fingerprint density at radius 1 is 1.12 bits per heavy atom. The summed E-state index contributed by atoms with van der Waals surface area (Å²) in [4.78, 5) is 19.2. The van der Waals surface area contributed by atoms with Gasteiger partial charge >= 0.3 is 12.1 Å². The molecule has 0 unspecified atom stereocenters. The minimum absolute atomic E-state index is 0.149. The van der Waals surface area contributed by atoms with Gasteiger partial charge in [-0.3, -0.25) is 9.78 Å². The first-order valence-corrected chi connectivity index (χ1v) is 7.57. The molecule has 0 aliphatic heterocycles.